The lowest BCUT2D eigenvalue weighted by atomic mass is 10.0. The lowest BCUT2D eigenvalue weighted by Crippen LogP contribution is -2.25. The largest absolute Gasteiger partial charge is 0.433 e. The highest BCUT2D eigenvalue weighted by Gasteiger charge is 2.32. The molecule has 30 heavy (non-hydrogen) atoms. The number of rotatable bonds is 4. The zero-order valence-corrected chi connectivity index (χ0v) is 16.2. The fraction of sp³-hybridized carbons (Fsp3) is 0.273. The van der Waals surface area contributed by atoms with Crippen LogP contribution < -0.4 is 10.2 Å². The summed E-state index contributed by atoms with van der Waals surface area (Å²) in [6.45, 7) is 2.95. The predicted molar refractivity (Wildman–Crippen MR) is 110 cm³/mol. The Labute approximate surface area is 172 Å². The summed E-state index contributed by atoms with van der Waals surface area (Å²) in [5, 5.41) is 2.94. The quantitative estimate of drug-likeness (QED) is 0.641. The van der Waals surface area contributed by atoms with Crippen molar-refractivity contribution in [2.75, 3.05) is 36.5 Å². The Hall–Kier alpha value is -3.13. The Kier molecular flexibility index (Phi) is 5.85. The van der Waals surface area contributed by atoms with Crippen molar-refractivity contribution < 1.29 is 17.9 Å². The van der Waals surface area contributed by atoms with E-state index in [9.17, 15) is 13.2 Å². The van der Waals surface area contributed by atoms with Crippen LogP contribution in [-0.2, 0) is 10.9 Å². The van der Waals surface area contributed by atoms with E-state index in [1.54, 1.807) is 0 Å². The Balaban J connectivity index is 1.70. The van der Waals surface area contributed by atoms with Crippen LogP contribution >= 0.6 is 0 Å². The molecule has 2 heterocycles. The topological polar surface area (TPSA) is 50.3 Å². The van der Waals surface area contributed by atoms with Crippen molar-refractivity contribution >= 4 is 17.3 Å². The maximum atomic E-state index is 13.0. The molecule has 3 aromatic rings. The number of hydrogen-bond acceptors (Lipinski definition) is 5. The first kappa shape index (κ1) is 20.2. The summed E-state index contributed by atoms with van der Waals surface area (Å²) >= 11 is 0. The molecule has 1 N–H and O–H groups in total. The minimum atomic E-state index is -4.53. The van der Waals surface area contributed by atoms with Gasteiger partial charge in [0.2, 0.25) is 5.95 Å². The molecular weight excluding hydrogens is 393 g/mol. The van der Waals surface area contributed by atoms with Gasteiger partial charge in [-0.3, -0.25) is 0 Å². The van der Waals surface area contributed by atoms with Gasteiger partial charge in [0, 0.05) is 37.3 Å². The van der Waals surface area contributed by atoms with Crippen LogP contribution in [0.25, 0.3) is 11.1 Å². The Bertz CT molecular complexity index is 987. The van der Waals surface area contributed by atoms with E-state index < -0.39 is 11.9 Å². The number of benzene rings is 2. The third-order valence-corrected chi connectivity index (χ3v) is 4.81. The highest BCUT2D eigenvalue weighted by molar-refractivity contribution is 5.76. The first-order valence-corrected chi connectivity index (χ1v) is 9.69. The normalized spacial score (nSPS) is 15.0. The lowest BCUT2D eigenvalue weighted by molar-refractivity contribution is -0.141. The average molecular weight is 414 g/mol. The van der Waals surface area contributed by atoms with Crippen LogP contribution in [0.3, 0.4) is 0 Å². The Morgan fingerprint density at radius 3 is 2.57 bits per heavy atom. The van der Waals surface area contributed by atoms with Crippen molar-refractivity contribution in [3.63, 3.8) is 0 Å². The second-order valence-corrected chi connectivity index (χ2v) is 6.98. The molecule has 0 unspecified atom stereocenters. The Morgan fingerprint density at radius 2 is 1.77 bits per heavy atom. The molecule has 1 aliphatic heterocycles. The SMILES string of the molecule is FC(F)(F)c1ccnc(Nc2cc(-c3ccccc3)cc(N3CCCOCC3)c2)n1. The monoisotopic (exact) mass is 414 g/mol. The number of nitrogens with zero attached hydrogens (tertiary/aromatic N) is 3. The Morgan fingerprint density at radius 1 is 0.933 bits per heavy atom. The van der Waals surface area contributed by atoms with Crippen molar-refractivity contribution in [2.24, 2.45) is 0 Å². The third kappa shape index (κ3) is 4.88. The second kappa shape index (κ2) is 8.71. The van der Waals surface area contributed by atoms with Crippen molar-refractivity contribution in [3.8, 4) is 11.1 Å². The molecule has 1 aliphatic rings. The summed E-state index contributed by atoms with van der Waals surface area (Å²) in [5.41, 5.74) is 2.57. The van der Waals surface area contributed by atoms with Crippen molar-refractivity contribution in [1.29, 1.82) is 0 Å². The highest BCUT2D eigenvalue weighted by Crippen LogP contribution is 2.32. The number of nitrogens with one attached hydrogen (secondary N) is 1. The van der Waals surface area contributed by atoms with Crippen LogP contribution in [0.15, 0.2) is 60.8 Å². The standard InChI is InChI=1S/C22H21F3N4O/c23-22(24,25)20-7-8-26-21(28-20)27-18-13-17(16-5-2-1-3-6-16)14-19(15-18)29-9-4-11-30-12-10-29/h1-3,5-8,13-15H,4,9-12H2,(H,26,27,28). The molecule has 8 heteroatoms. The maximum absolute atomic E-state index is 13.0. The number of alkyl halides is 3. The lowest BCUT2D eigenvalue weighted by Gasteiger charge is -2.24. The molecule has 2 aromatic carbocycles. The number of halogens is 3. The third-order valence-electron chi connectivity index (χ3n) is 4.81. The number of anilines is 3. The van der Waals surface area contributed by atoms with Crippen LogP contribution in [0.4, 0.5) is 30.5 Å². The molecule has 0 saturated carbocycles. The molecular formula is C22H21F3N4O. The molecule has 0 amide bonds. The van der Waals surface area contributed by atoms with Gasteiger partial charge in [0.05, 0.1) is 6.61 Å². The first-order valence-electron chi connectivity index (χ1n) is 9.69. The molecule has 1 saturated heterocycles. The van der Waals surface area contributed by atoms with Gasteiger partial charge in [-0.15, -0.1) is 0 Å². The van der Waals surface area contributed by atoms with Crippen LogP contribution in [0.5, 0.6) is 0 Å². The van der Waals surface area contributed by atoms with E-state index in [0.717, 1.165) is 55.2 Å². The summed E-state index contributed by atoms with van der Waals surface area (Å²) in [6, 6.07) is 16.6. The smallest absolute Gasteiger partial charge is 0.380 e. The van der Waals surface area contributed by atoms with Gasteiger partial charge in [-0.1, -0.05) is 30.3 Å². The van der Waals surface area contributed by atoms with Crippen molar-refractivity contribution in [2.45, 2.75) is 12.6 Å². The minimum absolute atomic E-state index is 0.0970. The molecule has 0 bridgehead atoms. The first-order chi connectivity index (χ1) is 14.5. The van der Waals surface area contributed by atoms with E-state index in [-0.39, 0.29) is 5.95 Å². The minimum Gasteiger partial charge on any atom is -0.380 e. The molecule has 0 radical (unpaired) electrons. The van der Waals surface area contributed by atoms with Crippen molar-refractivity contribution in [3.05, 3.63) is 66.5 Å². The van der Waals surface area contributed by atoms with E-state index >= 15 is 0 Å². The van der Waals surface area contributed by atoms with Gasteiger partial charge in [-0.25, -0.2) is 9.97 Å². The van der Waals surface area contributed by atoms with E-state index in [0.29, 0.717) is 12.3 Å². The van der Waals surface area contributed by atoms with Crippen LogP contribution in [0.2, 0.25) is 0 Å². The predicted octanol–water partition coefficient (Wildman–Crippen LogP) is 5.13. The molecule has 156 valence electrons. The second-order valence-electron chi connectivity index (χ2n) is 6.98. The molecule has 0 atom stereocenters. The molecule has 0 spiro atoms. The maximum Gasteiger partial charge on any atom is 0.433 e. The number of ether oxygens (including phenoxy) is 1. The zero-order valence-electron chi connectivity index (χ0n) is 16.2. The van der Waals surface area contributed by atoms with Gasteiger partial charge in [-0.2, -0.15) is 13.2 Å². The zero-order chi connectivity index (χ0) is 21.0. The van der Waals surface area contributed by atoms with E-state index in [1.807, 2.05) is 42.5 Å². The molecule has 0 aliphatic carbocycles. The van der Waals surface area contributed by atoms with Gasteiger partial charge >= 0.3 is 6.18 Å². The summed E-state index contributed by atoms with van der Waals surface area (Å²) in [6.07, 6.45) is -2.51. The highest BCUT2D eigenvalue weighted by atomic mass is 19.4. The van der Waals surface area contributed by atoms with Gasteiger partial charge in [0.15, 0.2) is 0 Å². The summed E-state index contributed by atoms with van der Waals surface area (Å²) in [7, 11) is 0. The summed E-state index contributed by atoms with van der Waals surface area (Å²) in [4.78, 5) is 9.79. The summed E-state index contributed by atoms with van der Waals surface area (Å²) in [5.74, 6) is -0.0970. The van der Waals surface area contributed by atoms with Crippen molar-refractivity contribution in [1.82, 2.24) is 9.97 Å². The van der Waals surface area contributed by atoms with Crippen LogP contribution in [0.1, 0.15) is 12.1 Å². The van der Waals surface area contributed by atoms with Gasteiger partial charge < -0.3 is 15.0 Å². The average Bonchev–Trinajstić information content (AvgIpc) is 3.03. The molecule has 4 rings (SSSR count). The fourth-order valence-electron chi connectivity index (χ4n) is 3.37. The number of hydrogen-bond donors (Lipinski definition) is 1. The van der Waals surface area contributed by atoms with Gasteiger partial charge in [0.25, 0.3) is 0 Å². The molecule has 1 fully saturated rings. The van der Waals surface area contributed by atoms with Crippen LogP contribution in [-0.4, -0.2) is 36.3 Å². The number of aromatic nitrogens is 2. The van der Waals surface area contributed by atoms with Crippen LogP contribution in [0, 0.1) is 0 Å². The van der Waals surface area contributed by atoms with E-state index in [1.165, 1.54) is 0 Å². The van der Waals surface area contributed by atoms with Gasteiger partial charge in [0.1, 0.15) is 5.69 Å². The molecule has 5 nitrogen and oxygen atoms in total. The van der Waals surface area contributed by atoms with E-state index in [4.69, 9.17) is 4.74 Å². The van der Waals surface area contributed by atoms with Gasteiger partial charge in [-0.05, 0) is 41.8 Å². The molecule has 1 aromatic heterocycles. The fourth-order valence-corrected chi connectivity index (χ4v) is 3.37. The van der Waals surface area contributed by atoms with E-state index in [2.05, 4.69) is 26.3 Å². The summed E-state index contributed by atoms with van der Waals surface area (Å²) < 4.78 is 44.6.